The number of hydrogen-bond donors (Lipinski definition) is 2. The smallest absolute Gasteiger partial charge is 0.313 e. The highest BCUT2D eigenvalue weighted by Crippen LogP contribution is 2.23. The first kappa shape index (κ1) is 19.9. The topological polar surface area (TPSA) is 61.4 Å². The third-order valence-corrected chi connectivity index (χ3v) is 6.11. The Bertz CT molecular complexity index is 787. The number of benzene rings is 1. The lowest BCUT2D eigenvalue weighted by molar-refractivity contribution is -0.136. The number of thiophene rings is 1. The lowest BCUT2D eigenvalue weighted by Crippen LogP contribution is -2.41. The molecule has 0 unspecified atom stereocenters. The highest BCUT2D eigenvalue weighted by molar-refractivity contribution is 7.07. The van der Waals surface area contributed by atoms with E-state index in [-0.39, 0.29) is 0 Å². The molecule has 5 nitrogen and oxygen atoms in total. The van der Waals surface area contributed by atoms with Crippen molar-refractivity contribution >= 4 is 40.4 Å². The van der Waals surface area contributed by atoms with Crippen molar-refractivity contribution in [3.05, 3.63) is 51.2 Å². The van der Waals surface area contributed by atoms with Gasteiger partial charge in [-0.15, -0.1) is 0 Å². The Kier molecular flexibility index (Phi) is 6.88. The van der Waals surface area contributed by atoms with Crippen LogP contribution in [0.25, 0.3) is 0 Å². The maximum absolute atomic E-state index is 12.1. The molecule has 144 valence electrons. The number of hydrogen-bond acceptors (Lipinski definition) is 4. The zero-order valence-electron chi connectivity index (χ0n) is 15.3. The van der Waals surface area contributed by atoms with Gasteiger partial charge in [0.15, 0.2) is 0 Å². The minimum absolute atomic E-state index is 0.411. The van der Waals surface area contributed by atoms with Crippen LogP contribution in [-0.2, 0) is 16.1 Å². The highest BCUT2D eigenvalue weighted by atomic mass is 35.5. The summed E-state index contributed by atoms with van der Waals surface area (Å²) in [4.78, 5) is 26.6. The van der Waals surface area contributed by atoms with Gasteiger partial charge in [-0.25, -0.2) is 0 Å². The van der Waals surface area contributed by atoms with Gasteiger partial charge in [0.2, 0.25) is 0 Å². The van der Waals surface area contributed by atoms with Crippen molar-refractivity contribution in [3.63, 3.8) is 0 Å². The zero-order chi connectivity index (χ0) is 19.2. The number of piperidine rings is 1. The lowest BCUT2D eigenvalue weighted by Gasteiger charge is -2.31. The molecule has 2 aromatic rings. The second kappa shape index (κ2) is 9.35. The van der Waals surface area contributed by atoms with E-state index in [0.717, 1.165) is 38.0 Å². The lowest BCUT2D eigenvalue weighted by atomic mass is 9.96. The highest BCUT2D eigenvalue weighted by Gasteiger charge is 2.21. The van der Waals surface area contributed by atoms with Gasteiger partial charge in [-0.2, -0.15) is 11.3 Å². The Morgan fingerprint density at radius 1 is 1.22 bits per heavy atom. The fraction of sp³-hybridized carbons (Fsp3) is 0.400. The molecule has 2 heterocycles. The van der Waals surface area contributed by atoms with Crippen LogP contribution >= 0.6 is 22.9 Å². The van der Waals surface area contributed by atoms with Gasteiger partial charge in [-0.05, 0) is 78.9 Å². The van der Waals surface area contributed by atoms with Gasteiger partial charge in [0.05, 0.1) is 0 Å². The van der Waals surface area contributed by atoms with Gasteiger partial charge in [-0.1, -0.05) is 17.7 Å². The van der Waals surface area contributed by atoms with Crippen molar-refractivity contribution < 1.29 is 9.59 Å². The number of nitrogens with one attached hydrogen (secondary N) is 2. The van der Waals surface area contributed by atoms with Gasteiger partial charge in [-0.3, -0.25) is 14.5 Å². The molecule has 1 saturated heterocycles. The first-order valence-corrected chi connectivity index (χ1v) is 10.4. The molecule has 0 atom stereocenters. The summed E-state index contributed by atoms with van der Waals surface area (Å²) in [6.45, 7) is 5.37. The number of amides is 2. The van der Waals surface area contributed by atoms with Crippen LogP contribution in [0.1, 0.15) is 24.0 Å². The Morgan fingerprint density at radius 2 is 2.00 bits per heavy atom. The number of carbonyl (C=O) groups is 2. The fourth-order valence-electron chi connectivity index (χ4n) is 3.23. The van der Waals surface area contributed by atoms with E-state index in [1.165, 1.54) is 5.56 Å². The van der Waals surface area contributed by atoms with Crippen molar-refractivity contribution in [2.75, 3.05) is 25.0 Å². The number of halogens is 1. The van der Waals surface area contributed by atoms with Crippen LogP contribution in [-0.4, -0.2) is 36.3 Å². The van der Waals surface area contributed by atoms with Crippen LogP contribution in [0.2, 0.25) is 5.02 Å². The molecule has 1 aromatic heterocycles. The Balaban J connectivity index is 1.40. The van der Waals surface area contributed by atoms with Crippen LogP contribution in [0.3, 0.4) is 0 Å². The zero-order valence-corrected chi connectivity index (χ0v) is 16.9. The van der Waals surface area contributed by atoms with Gasteiger partial charge < -0.3 is 10.6 Å². The summed E-state index contributed by atoms with van der Waals surface area (Å²) < 4.78 is 0. The monoisotopic (exact) mass is 405 g/mol. The van der Waals surface area contributed by atoms with Gasteiger partial charge >= 0.3 is 11.8 Å². The summed E-state index contributed by atoms with van der Waals surface area (Å²) in [5.74, 6) is -0.848. The van der Waals surface area contributed by atoms with Crippen molar-refractivity contribution in [3.8, 4) is 0 Å². The first-order valence-electron chi connectivity index (χ1n) is 9.10. The Morgan fingerprint density at radius 3 is 2.70 bits per heavy atom. The number of rotatable bonds is 5. The molecular formula is C20H24ClN3O2S. The van der Waals surface area contributed by atoms with Gasteiger partial charge in [0, 0.05) is 23.8 Å². The number of carbonyl (C=O) groups excluding carboxylic acids is 2. The maximum atomic E-state index is 12.1. The van der Waals surface area contributed by atoms with Crippen LogP contribution in [0, 0.1) is 12.8 Å². The molecule has 2 N–H and O–H groups in total. The molecule has 1 fully saturated rings. The molecule has 1 aliphatic heterocycles. The average Bonchev–Trinajstić information content (AvgIpc) is 3.17. The van der Waals surface area contributed by atoms with E-state index in [0.29, 0.717) is 23.2 Å². The molecule has 2 amide bonds. The molecule has 7 heteroatoms. The van der Waals surface area contributed by atoms with E-state index >= 15 is 0 Å². The standard InChI is InChI=1S/C20H24ClN3O2S/c1-14-17(21)3-2-4-18(14)23-20(26)19(25)22-11-15-5-8-24(9-6-15)12-16-7-10-27-13-16/h2-4,7,10,13,15H,5-6,8-9,11-12H2,1H3,(H,22,25)(H,23,26). The fourth-order valence-corrected chi connectivity index (χ4v) is 4.06. The van der Waals surface area contributed by atoms with Gasteiger partial charge in [0.25, 0.3) is 0 Å². The number of anilines is 1. The van der Waals surface area contributed by atoms with E-state index in [1.54, 1.807) is 36.5 Å². The predicted molar refractivity (Wildman–Crippen MR) is 110 cm³/mol. The van der Waals surface area contributed by atoms with E-state index in [4.69, 9.17) is 11.6 Å². The summed E-state index contributed by atoms with van der Waals surface area (Å²) in [5.41, 5.74) is 2.67. The van der Waals surface area contributed by atoms with Gasteiger partial charge in [0.1, 0.15) is 0 Å². The summed E-state index contributed by atoms with van der Waals surface area (Å²) in [6, 6.07) is 7.39. The second-order valence-corrected chi connectivity index (χ2v) is 8.11. The molecular weight excluding hydrogens is 382 g/mol. The van der Waals surface area contributed by atoms with Crippen molar-refractivity contribution in [1.82, 2.24) is 10.2 Å². The van der Waals surface area contributed by atoms with E-state index in [2.05, 4.69) is 32.4 Å². The average molecular weight is 406 g/mol. The molecule has 0 saturated carbocycles. The molecule has 1 aromatic carbocycles. The summed E-state index contributed by atoms with van der Waals surface area (Å²) in [5, 5.41) is 10.2. The molecule has 0 aliphatic carbocycles. The number of nitrogens with zero attached hydrogens (tertiary/aromatic N) is 1. The third-order valence-electron chi connectivity index (χ3n) is 4.97. The minimum Gasteiger partial charge on any atom is -0.348 e. The van der Waals surface area contributed by atoms with Crippen LogP contribution in [0.15, 0.2) is 35.0 Å². The third kappa shape index (κ3) is 5.54. The van der Waals surface area contributed by atoms with Crippen LogP contribution < -0.4 is 10.6 Å². The van der Waals surface area contributed by atoms with E-state index in [1.807, 2.05) is 0 Å². The van der Waals surface area contributed by atoms with E-state index < -0.39 is 11.8 Å². The summed E-state index contributed by atoms with van der Waals surface area (Å²) in [7, 11) is 0. The Labute approximate surface area is 168 Å². The summed E-state index contributed by atoms with van der Waals surface area (Å²) >= 11 is 7.77. The molecule has 27 heavy (non-hydrogen) atoms. The molecule has 3 rings (SSSR count). The van der Waals surface area contributed by atoms with Crippen molar-refractivity contribution in [1.29, 1.82) is 0 Å². The number of likely N-dealkylation sites (tertiary alicyclic amines) is 1. The van der Waals surface area contributed by atoms with E-state index in [9.17, 15) is 9.59 Å². The van der Waals surface area contributed by atoms with Crippen molar-refractivity contribution in [2.24, 2.45) is 5.92 Å². The molecule has 0 radical (unpaired) electrons. The molecule has 0 spiro atoms. The SMILES string of the molecule is Cc1c(Cl)cccc1NC(=O)C(=O)NCC1CCN(Cc2ccsc2)CC1. The maximum Gasteiger partial charge on any atom is 0.313 e. The van der Waals surface area contributed by atoms with Crippen LogP contribution in [0.4, 0.5) is 5.69 Å². The second-order valence-electron chi connectivity index (χ2n) is 6.93. The van der Waals surface area contributed by atoms with Crippen molar-refractivity contribution in [2.45, 2.75) is 26.3 Å². The summed E-state index contributed by atoms with van der Waals surface area (Å²) in [6.07, 6.45) is 2.05. The Hall–Kier alpha value is -1.89. The molecule has 0 bridgehead atoms. The normalized spacial score (nSPS) is 15.5. The van der Waals surface area contributed by atoms with Crippen LogP contribution in [0.5, 0.6) is 0 Å². The molecule has 1 aliphatic rings. The first-order chi connectivity index (χ1) is 13.0. The minimum atomic E-state index is -0.657. The quantitative estimate of drug-likeness (QED) is 0.746. The largest absolute Gasteiger partial charge is 0.348 e. The predicted octanol–water partition coefficient (Wildman–Crippen LogP) is 3.68.